The third-order valence-corrected chi connectivity index (χ3v) is 6.18. The number of rotatable bonds is 5. The number of aromatic nitrogens is 2. The Morgan fingerprint density at radius 2 is 1.81 bits per heavy atom. The lowest BCUT2D eigenvalue weighted by atomic mass is 10.0. The molecule has 0 fully saturated rings. The zero-order valence-electron chi connectivity index (χ0n) is 16.9. The van der Waals surface area contributed by atoms with E-state index in [2.05, 4.69) is 4.98 Å². The van der Waals surface area contributed by atoms with Crippen molar-refractivity contribution in [1.82, 2.24) is 9.55 Å². The summed E-state index contributed by atoms with van der Waals surface area (Å²) >= 11 is 1.44. The van der Waals surface area contributed by atoms with Crippen molar-refractivity contribution in [2.45, 2.75) is 13.5 Å². The summed E-state index contributed by atoms with van der Waals surface area (Å²) in [5.41, 5.74) is 3.07. The molecule has 0 aliphatic rings. The molecule has 0 amide bonds. The maximum Gasteiger partial charge on any atom is 0.339 e. The number of aryl methyl sites for hydroxylation is 1. The highest BCUT2D eigenvalue weighted by Gasteiger charge is 2.14. The van der Waals surface area contributed by atoms with Gasteiger partial charge in [-0.25, -0.2) is 9.78 Å². The van der Waals surface area contributed by atoms with E-state index < -0.39 is 5.97 Å². The Kier molecular flexibility index (Phi) is 5.58. The monoisotopic (exact) mass is 443 g/mol. The Bertz CT molecular complexity index is 1450. The first-order valence-electron chi connectivity index (χ1n) is 9.60. The smallest absolute Gasteiger partial charge is 0.339 e. The van der Waals surface area contributed by atoms with Crippen molar-refractivity contribution in [2.75, 3.05) is 0 Å². The molecule has 2 N–H and O–H groups in total. The van der Waals surface area contributed by atoms with Crippen LogP contribution in [0, 0.1) is 18.3 Å². The van der Waals surface area contributed by atoms with Crippen LogP contribution in [-0.4, -0.2) is 25.7 Å². The highest BCUT2D eigenvalue weighted by molar-refractivity contribution is 7.15. The van der Waals surface area contributed by atoms with Gasteiger partial charge in [0.2, 0.25) is 0 Å². The second-order valence-electron chi connectivity index (χ2n) is 7.09. The van der Waals surface area contributed by atoms with E-state index >= 15 is 0 Å². The van der Waals surface area contributed by atoms with E-state index in [1.54, 1.807) is 18.2 Å². The largest absolute Gasteiger partial charge is 0.507 e. The molecule has 0 bridgehead atoms. The minimum Gasteiger partial charge on any atom is -0.507 e. The summed E-state index contributed by atoms with van der Waals surface area (Å²) in [7, 11) is 0. The van der Waals surface area contributed by atoms with Gasteiger partial charge in [0.25, 0.3) is 5.56 Å². The van der Waals surface area contributed by atoms with Gasteiger partial charge in [0.1, 0.15) is 28.1 Å². The molecule has 0 aliphatic heterocycles. The van der Waals surface area contributed by atoms with Crippen molar-refractivity contribution < 1.29 is 15.0 Å². The summed E-state index contributed by atoms with van der Waals surface area (Å²) in [5, 5.41) is 29.1. The molecule has 8 heteroatoms. The molecule has 0 radical (unpaired) electrons. The summed E-state index contributed by atoms with van der Waals surface area (Å²) in [5.74, 6) is -1.48. The molecule has 7 nitrogen and oxygen atoms in total. The van der Waals surface area contributed by atoms with Crippen LogP contribution in [0.15, 0.2) is 65.5 Å². The van der Waals surface area contributed by atoms with Gasteiger partial charge in [-0.3, -0.25) is 9.36 Å². The van der Waals surface area contributed by atoms with Crippen LogP contribution in [0.2, 0.25) is 0 Å². The number of aromatic hydroxyl groups is 1. The molecule has 2 aromatic carbocycles. The number of nitrogens with zero attached hydrogens (tertiary/aromatic N) is 3. The second-order valence-corrected chi connectivity index (χ2v) is 8.17. The standard InChI is InChI=1S/C24H17N3O4S/c1-14-23(32-21(26-14)13-27-18(12-25)6-3-7-22(27)29)17-5-2-4-15(10-17)16-8-9-19(24(30)31)20(28)11-16/h2-11,28H,13H2,1H3,(H,30,31). The van der Waals surface area contributed by atoms with Crippen LogP contribution in [0.4, 0.5) is 0 Å². The molecule has 0 spiro atoms. The average molecular weight is 443 g/mol. The molecular weight excluding hydrogens is 426 g/mol. The fraction of sp³-hybridized carbons (Fsp3) is 0.0833. The van der Waals surface area contributed by atoms with Crippen LogP contribution >= 0.6 is 11.3 Å². The van der Waals surface area contributed by atoms with Crippen molar-refractivity contribution in [3.63, 3.8) is 0 Å². The number of pyridine rings is 1. The SMILES string of the molecule is Cc1nc(Cn2c(C#N)cccc2=O)sc1-c1cccc(-c2ccc(C(=O)O)c(O)c2)c1. The number of nitriles is 1. The van der Waals surface area contributed by atoms with Gasteiger partial charge >= 0.3 is 5.97 Å². The number of phenols is 1. The first-order valence-corrected chi connectivity index (χ1v) is 10.4. The van der Waals surface area contributed by atoms with Gasteiger partial charge in [-0.05, 0) is 47.9 Å². The normalized spacial score (nSPS) is 10.6. The van der Waals surface area contributed by atoms with Gasteiger partial charge in [-0.2, -0.15) is 5.26 Å². The van der Waals surface area contributed by atoms with Gasteiger partial charge in [0.05, 0.1) is 17.1 Å². The summed E-state index contributed by atoms with van der Waals surface area (Å²) in [6.45, 7) is 2.09. The zero-order chi connectivity index (χ0) is 22.8. The van der Waals surface area contributed by atoms with Gasteiger partial charge < -0.3 is 10.2 Å². The topological polar surface area (TPSA) is 116 Å². The summed E-state index contributed by atoms with van der Waals surface area (Å²) in [6.07, 6.45) is 0. The molecule has 0 saturated heterocycles. The van der Waals surface area contributed by atoms with Crippen LogP contribution in [-0.2, 0) is 6.54 Å². The number of carboxylic acids is 1. The lowest BCUT2D eigenvalue weighted by molar-refractivity contribution is 0.0694. The van der Waals surface area contributed by atoms with Gasteiger partial charge in [0.15, 0.2) is 0 Å². The average Bonchev–Trinajstić information content (AvgIpc) is 3.15. The second kappa shape index (κ2) is 8.49. The number of hydrogen-bond acceptors (Lipinski definition) is 6. The maximum absolute atomic E-state index is 12.2. The van der Waals surface area contributed by atoms with Crippen molar-refractivity contribution in [2.24, 2.45) is 0 Å². The van der Waals surface area contributed by atoms with E-state index in [1.807, 2.05) is 37.3 Å². The van der Waals surface area contributed by atoms with E-state index in [4.69, 9.17) is 5.11 Å². The predicted molar refractivity (Wildman–Crippen MR) is 121 cm³/mol. The minimum atomic E-state index is -1.19. The number of carbonyl (C=O) groups is 1. The predicted octanol–water partition coefficient (Wildman–Crippen LogP) is 4.27. The lowest BCUT2D eigenvalue weighted by Gasteiger charge is -2.07. The van der Waals surface area contributed by atoms with Crippen LogP contribution in [0.3, 0.4) is 0 Å². The van der Waals surface area contributed by atoms with E-state index in [0.717, 1.165) is 21.7 Å². The third kappa shape index (κ3) is 4.02. The summed E-state index contributed by atoms with van der Waals surface area (Å²) in [6, 6.07) is 18.7. The van der Waals surface area contributed by atoms with Crippen LogP contribution < -0.4 is 5.56 Å². The van der Waals surface area contributed by atoms with E-state index in [0.29, 0.717) is 10.6 Å². The number of hydrogen-bond donors (Lipinski definition) is 2. The number of thiazole rings is 1. The Morgan fingerprint density at radius 1 is 1.09 bits per heavy atom. The molecule has 2 aromatic heterocycles. The Hall–Kier alpha value is -4.22. The molecule has 158 valence electrons. The molecule has 32 heavy (non-hydrogen) atoms. The molecular formula is C24H17N3O4S. The van der Waals surface area contributed by atoms with Crippen LogP contribution in [0.5, 0.6) is 5.75 Å². The Balaban J connectivity index is 1.69. The Labute approximate surface area is 187 Å². The molecule has 4 aromatic rings. The molecule has 0 saturated carbocycles. The molecule has 0 atom stereocenters. The fourth-order valence-electron chi connectivity index (χ4n) is 3.44. The van der Waals surface area contributed by atoms with Crippen molar-refractivity contribution in [3.05, 3.63) is 93.0 Å². The van der Waals surface area contributed by atoms with E-state index in [9.17, 15) is 20.0 Å². The molecule has 2 heterocycles. The van der Waals surface area contributed by atoms with E-state index in [-0.39, 0.29) is 29.1 Å². The van der Waals surface area contributed by atoms with Crippen molar-refractivity contribution in [1.29, 1.82) is 5.26 Å². The number of carboxylic acid groups (broad SMARTS) is 1. The zero-order valence-corrected chi connectivity index (χ0v) is 17.8. The minimum absolute atomic E-state index is 0.152. The van der Waals surface area contributed by atoms with Gasteiger partial charge in [0, 0.05) is 6.07 Å². The third-order valence-electron chi connectivity index (χ3n) is 4.98. The molecule has 0 aliphatic carbocycles. The van der Waals surface area contributed by atoms with Crippen LogP contribution in [0.25, 0.3) is 21.6 Å². The highest BCUT2D eigenvalue weighted by atomic mass is 32.1. The Morgan fingerprint density at radius 3 is 2.53 bits per heavy atom. The first kappa shape index (κ1) is 21.0. The van der Waals surface area contributed by atoms with E-state index in [1.165, 1.54) is 34.1 Å². The van der Waals surface area contributed by atoms with Gasteiger partial charge in [-0.1, -0.05) is 30.3 Å². The summed E-state index contributed by atoms with van der Waals surface area (Å²) in [4.78, 5) is 28.8. The summed E-state index contributed by atoms with van der Waals surface area (Å²) < 4.78 is 1.39. The van der Waals surface area contributed by atoms with Crippen molar-refractivity contribution in [3.8, 4) is 33.4 Å². The first-order chi connectivity index (χ1) is 15.4. The fourth-order valence-corrected chi connectivity index (χ4v) is 4.49. The molecule has 0 unspecified atom stereocenters. The quantitative estimate of drug-likeness (QED) is 0.476. The lowest BCUT2D eigenvalue weighted by Crippen LogP contribution is -2.21. The van der Waals surface area contributed by atoms with Crippen molar-refractivity contribution >= 4 is 17.3 Å². The van der Waals surface area contributed by atoms with Gasteiger partial charge in [-0.15, -0.1) is 11.3 Å². The highest BCUT2D eigenvalue weighted by Crippen LogP contribution is 2.34. The number of benzene rings is 2. The van der Waals surface area contributed by atoms with Crippen LogP contribution in [0.1, 0.15) is 26.8 Å². The number of aromatic carboxylic acids is 1. The maximum atomic E-state index is 12.2. The molecule has 4 rings (SSSR count).